The zero-order valence-corrected chi connectivity index (χ0v) is 16.3. The Hall–Kier alpha value is -2.14. The van der Waals surface area contributed by atoms with Gasteiger partial charge in [0.1, 0.15) is 17.1 Å². The maximum absolute atomic E-state index is 12.4. The van der Waals surface area contributed by atoms with Gasteiger partial charge < -0.3 is 14.8 Å². The number of hydrogen-bond acceptors (Lipinski definition) is 4. The van der Waals surface area contributed by atoms with Gasteiger partial charge in [0, 0.05) is 17.7 Å². The topological polar surface area (TPSA) is 47.6 Å². The Bertz CT molecular complexity index is 758. The van der Waals surface area contributed by atoms with E-state index in [0.29, 0.717) is 5.75 Å². The van der Waals surface area contributed by atoms with E-state index >= 15 is 0 Å². The normalized spacial score (nSPS) is 17.7. The zero-order chi connectivity index (χ0) is 18.6. The first-order chi connectivity index (χ1) is 12.5. The molecular weight excluding hydrogens is 346 g/mol. The van der Waals surface area contributed by atoms with Gasteiger partial charge in [-0.05, 0) is 37.6 Å². The maximum Gasteiger partial charge on any atom is 0.230 e. The highest BCUT2D eigenvalue weighted by molar-refractivity contribution is 7.99. The van der Waals surface area contributed by atoms with Crippen molar-refractivity contribution < 1.29 is 14.3 Å². The van der Waals surface area contributed by atoms with E-state index < -0.39 is 0 Å². The number of thioether (sulfide) groups is 1. The number of fused-ring (bicyclic) bond motifs is 1. The van der Waals surface area contributed by atoms with E-state index in [1.165, 1.54) is 5.56 Å². The number of para-hydroxylation sites is 1. The summed E-state index contributed by atoms with van der Waals surface area (Å²) in [6.07, 6.45) is 0.763. The van der Waals surface area contributed by atoms with Gasteiger partial charge in [0.15, 0.2) is 0 Å². The van der Waals surface area contributed by atoms with E-state index in [9.17, 15) is 4.79 Å². The number of amides is 1. The molecular formula is C21H25NO3S. The average Bonchev–Trinajstić information content (AvgIpc) is 2.61. The molecule has 0 radical (unpaired) electrons. The molecule has 138 valence electrons. The van der Waals surface area contributed by atoms with Crippen LogP contribution in [0.5, 0.6) is 11.5 Å². The van der Waals surface area contributed by atoms with Gasteiger partial charge >= 0.3 is 0 Å². The predicted octanol–water partition coefficient (Wildman–Crippen LogP) is 4.35. The van der Waals surface area contributed by atoms with Crippen LogP contribution >= 0.6 is 11.8 Å². The SMILES string of the molecule is COc1ccc(CSCC(=O)N[C@H]2CC(C)(C)Oc3ccccc32)cc1. The predicted molar refractivity (Wildman–Crippen MR) is 106 cm³/mol. The molecule has 0 saturated heterocycles. The zero-order valence-electron chi connectivity index (χ0n) is 15.5. The Balaban J connectivity index is 1.54. The molecule has 5 heteroatoms. The van der Waals surface area contributed by atoms with E-state index in [-0.39, 0.29) is 17.6 Å². The molecule has 0 bridgehead atoms. The van der Waals surface area contributed by atoms with Crippen LogP contribution in [0.3, 0.4) is 0 Å². The summed E-state index contributed by atoms with van der Waals surface area (Å²) < 4.78 is 11.2. The molecule has 2 aromatic carbocycles. The van der Waals surface area contributed by atoms with Crippen LogP contribution < -0.4 is 14.8 Å². The monoisotopic (exact) mass is 371 g/mol. The molecule has 1 amide bonds. The minimum absolute atomic E-state index is 0.0102. The molecule has 0 aromatic heterocycles. The number of benzene rings is 2. The summed E-state index contributed by atoms with van der Waals surface area (Å²) in [5.74, 6) is 3.00. The van der Waals surface area contributed by atoms with Gasteiger partial charge in [-0.1, -0.05) is 30.3 Å². The van der Waals surface area contributed by atoms with Crippen LogP contribution in [0.15, 0.2) is 48.5 Å². The smallest absolute Gasteiger partial charge is 0.230 e. The molecule has 0 aliphatic carbocycles. The summed E-state index contributed by atoms with van der Waals surface area (Å²) in [5, 5.41) is 3.18. The van der Waals surface area contributed by atoms with Crippen LogP contribution in [0.25, 0.3) is 0 Å². The van der Waals surface area contributed by atoms with Gasteiger partial charge in [0.25, 0.3) is 0 Å². The molecule has 4 nitrogen and oxygen atoms in total. The third-order valence-corrected chi connectivity index (χ3v) is 5.38. The Morgan fingerprint density at radius 3 is 2.69 bits per heavy atom. The fourth-order valence-electron chi connectivity index (χ4n) is 3.15. The van der Waals surface area contributed by atoms with Gasteiger partial charge in [-0.15, -0.1) is 11.8 Å². The van der Waals surface area contributed by atoms with Crippen LogP contribution in [-0.4, -0.2) is 24.4 Å². The molecule has 26 heavy (non-hydrogen) atoms. The summed E-state index contributed by atoms with van der Waals surface area (Å²) in [4.78, 5) is 12.4. The molecule has 0 unspecified atom stereocenters. The number of hydrogen-bond donors (Lipinski definition) is 1. The summed E-state index contributed by atoms with van der Waals surface area (Å²) in [6.45, 7) is 4.11. The van der Waals surface area contributed by atoms with Crippen LogP contribution in [0.1, 0.15) is 37.4 Å². The average molecular weight is 372 g/mol. The number of rotatable bonds is 6. The molecule has 2 aromatic rings. The molecule has 1 aliphatic heterocycles. The van der Waals surface area contributed by atoms with Gasteiger partial charge in [-0.2, -0.15) is 0 Å². The molecule has 0 fully saturated rings. The van der Waals surface area contributed by atoms with E-state index in [2.05, 4.69) is 19.2 Å². The van der Waals surface area contributed by atoms with Crippen molar-refractivity contribution in [1.82, 2.24) is 5.32 Å². The standard InChI is InChI=1S/C21H25NO3S/c1-21(2)12-18(17-6-4-5-7-19(17)25-21)22-20(23)14-26-13-15-8-10-16(24-3)11-9-15/h4-11,18H,12-14H2,1-3H3,(H,22,23)/t18-/m0/s1. The Morgan fingerprint density at radius 1 is 1.23 bits per heavy atom. The molecule has 1 heterocycles. The first kappa shape index (κ1) is 18.6. The van der Waals surface area contributed by atoms with E-state index in [4.69, 9.17) is 9.47 Å². The number of methoxy groups -OCH3 is 1. The van der Waals surface area contributed by atoms with Crippen LogP contribution in [0.2, 0.25) is 0 Å². The summed E-state index contributed by atoms with van der Waals surface area (Å²) in [5.41, 5.74) is 1.95. The second-order valence-corrected chi connectivity index (χ2v) is 8.05. The van der Waals surface area contributed by atoms with Crippen LogP contribution in [-0.2, 0) is 10.5 Å². The van der Waals surface area contributed by atoms with Crippen LogP contribution in [0, 0.1) is 0 Å². The lowest BCUT2D eigenvalue weighted by Gasteiger charge is -2.37. The van der Waals surface area contributed by atoms with Gasteiger partial charge in [-0.3, -0.25) is 4.79 Å². The fraction of sp³-hybridized carbons (Fsp3) is 0.381. The summed E-state index contributed by atoms with van der Waals surface area (Å²) in [6, 6.07) is 15.9. The number of carbonyl (C=O) groups excluding carboxylic acids is 1. The van der Waals surface area contributed by atoms with Crippen LogP contribution in [0.4, 0.5) is 0 Å². The lowest BCUT2D eigenvalue weighted by Crippen LogP contribution is -2.41. The third-order valence-electron chi connectivity index (χ3n) is 4.37. The largest absolute Gasteiger partial charge is 0.497 e. The lowest BCUT2D eigenvalue weighted by molar-refractivity contribution is -0.119. The van der Waals surface area contributed by atoms with Crippen molar-refractivity contribution in [2.24, 2.45) is 0 Å². The highest BCUT2D eigenvalue weighted by atomic mass is 32.2. The highest BCUT2D eigenvalue weighted by Crippen LogP contribution is 2.39. The molecule has 1 atom stereocenters. The lowest BCUT2D eigenvalue weighted by atomic mass is 9.90. The number of carbonyl (C=O) groups is 1. The first-order valence-electron chi connectivity index (χ1n) is 8.75. The van der Waals surface area contributed by atoms with Crippen molar-refractivity contribution >= 4 is 17.7 Å². The number of nitrogens with one attached hydrogen (secondary N) is 1. The second kappa shape index (κ2) is 8.04. The Morgan fingerprint density at radius 2 is 1.96 bits per heavy atom. The van der Waals surface area contributed by atoms with Gasteiger partial charge in [0.2, 0.25) is 5.91 Å². The second-order valence-electron chi connectivity index (χ2n) is 7.06. The molecule has 1 N–H and O–H groups in total. The van der Waals surface area contributed by atoms with E-state index in [1.807, 2.05) is 48.5 Å². The minimum atomic E-state index is -0.289. The van der Waals surface area contributed by atoms with Crippen molar-refractivity contribution in [3.63, 3.8) is 0 Å². The molecule has 3 rings (SSSR count). The molecule has 0 saturated carbocycles. The minimum Gasteiger partial charge on any atom is -0.497 e. The van der Waals surface area contributed by atoms with Gasteiger partial charge in [0.05, 0.1) is 18.9 Å². The van der Waals surface area contributed by atoms with Crippen molar-refractivity contribution in [1.29, 1.82) is 0 Å². The molecule has 0 spiro atoms. The van der Waals surface area contributed by atoms with Crippen molar-refractivity contribution in [3.05, 3.63) is 59.7 Å². The first-order valence-corrected chi connectivity index (χ1v) is 9.90. The van der Waals surface area contributed by atoms with Crippen molar-refractivity contribution in [2.45, 2.75) is 37.7 Å². The Kier molecular flexibility index (Phi) is 5.77. The maximum atomic E-state index is 12.4. The number of ether oxygens (including phenoxy) is 2. The van der Waals surface area contributed by atoms with Crippen molar-refractivity contribution in [2.75, 3.05) is 12.9 Å². The highest BCUT2D eigenvalue weighted by Gasteiger charge is 2.34. The summed E-state index contributed by atoms with van der Waals surface area (Å²) >= 11 is 1.61. The fourth-order valence-corrected chi connectivity index (χ4v) is 3.95. The van der Waals surface area contributed by atoms with E-state index in [1.54, 1.807) is 18.9 Å². The summed E-state index contributed by atoms with van der Waals surface area (Å²) in [7, 11) is 1.66. The quantitative estimate of drug-likeness (QED) is 0.820. The third kappa shape index (κ3) is 4.73. The molecule has 1 aliphatic rings. The van der Waals surface area contributed by atoms with E-state index in [0.717, 1.165) is 29.2 Å². The Labute approximate surface area is 159 Å². The van der Waals surface area contributed by atoms with Crippen molar-refractivity contribution in [3.8, 4) is 11.5 Å². The van der Waals surface area contributed by atoms with Gasteiger partial charge in [-0.25, -0.2) is 0 Å².